The number of para-hydroxylation sites is 1. The maximum atomic E-state index is 12.5. The van der Waals surface area contributed by atoms with Crippen LogP contribution in [0.15, 0.2) is 65.3 Å². The van der Waals surface area contributed by atoms with E-state index in [4.69, 9.17) is 0 Å². The summed E-state index contributed by atoms with van der Waals surface area (Å²) in [5.74, 6) is -0.115. The van der Waals surface area contributed by atoms with E-state index in [1.54, 1.807) is 4.90 Å². The molecule has 1 aliphatic rings. The van der Waals surface area contributed by atoms with Gasteiger partial charge in [0.1, 0.15) is 0 Å². The number of nitrogens with zero attached hydrogens (tertiary/aromatic N) is 2. The molecular formula is C17H13N2OSe. The third-order valence-electron chi connectivity index (χ3n) is 3.22. The molecule has 1 amide bonds. The van der Waals surface area contributed by atoms with Crippen molar-refractivity contribution in [2.24, 2.45) is 4.99 Å². The number of amidine groups is 1. The number of hydrogen-bond acceptors (Lipinski definition) is 2. The van der Waals surface area contributed by atoms with Crippen LogP contribution >= 0.6 is 0 Å². The van der Waals surface area contributed by atoms with E-state index in [2.05, 4.69) is 21.0 Å². The molecule has 2 aromatic rings. The summed E-state index contributed by atoms with van der Waals surface area (Å²) in [5.41, 5.74) is 3.41. The van der Waals surface area contributed by atoms with Crippen LogP contribution in [0, 0.1) is 6.92 Å². The van der Waals surface area contributed by atoms with Crippen molar-refractivity contribution in [2.45, 2.75) is 6.92 Å². The van der Waals surface area contributed by atoms with Gasteiger partial charge < -0.3 is 0 Å². The first kappa shape index (κ1) is 13.8. The molecular weight excluding hydrogens is 327 g/mol. The first-order chi connectivity index (χ1) is 10.1. The van der Waals surface area contributed by atoms with Crippen molar-refractivity contribution in [2.75, 3.05) is 4.90 Å². The fourth-order valence-electron chi connectivity index (χ4n) is 2.12. The Kier molecular flexibility index (Phi) is 3.74. The number of rotatable bonds is 2. The number of carbonyl (C=O) groups excluding carboxylic acids is 1. The second kappa shape index (κ2) is 5.68. The summed E-state index contributed by atoms with van der Waals surface area (Å²) in [6, 6.07) is 17.5. The molecule has 0 aromatic heterocycles. The zero-order valence-corrected chi connectivity index (χ0v) is 13.2. The van der Waals surface area contributed by atoms with Crippen molar-refractivity contribution < 1.29 is 4.79 Å². The number of benzene rings is 2. The number of carbonyl (C=O) groups is 1. The summed E-state index contributed by atoms with van der Waals surface area (Å²) in [5, 5.41) is 0. The topological polar surface area (TPSA) is 32.7 Å². The van der Waals surface area contributed by atoms with Crippen LogP contribution < -0.4 is 4.90 Å². The Morgan fingerprint density at radius 3 is 2.38 bits per heavy atom. The van der Waals surface area contributed by atoms with Crippen LogP contribution in [0.2, 0.25) is 0 Å². The minimum atomic E-state index is -0.115. The van der Waals surface area contributed by atoms with Crippen LogP contribution in [-0.2, 0) is 4.79 Å². The van der Waals surface area contributed by atoms with Crippen LogP contribution in [0.1, 0.15) is 11.1 Å². The minimum absolute atomic E-state index is 0.115. The zero-order valence-electron chi connectivity index (χ0n) is 11.5. The quantitative estimate of drug-likeness (QED) is 0.611. The molecule has 0 aliphatic carbocycles. The molecule has 0 bridgehead atoms. The Morgan fingerprint density at radius 1 is 1.05 bits per heavy atom. The first-order valence-electron chi connectivity index (χ1n) is 6.59. The van der Waals surface area contributed by atoms with E-state index in [1.807, 2.05) is 67.6 Å². The molecule has 103 valence electrons. The summed E-state index contributed by atoms with van der Waals surface area (Å²) in [6.07, 6.45) is 1.81. The van der Waals surface area contributed by atoms with Crippen LogP contribution in [0.4, 0.5) is 5.69 Å². The molecule has 4 heteroatoms. The van der Waals surface area contributed by atoms with Gasteiger partial charge in [0.15, 0.2) is 0 Å². The van der Waals surface area contributed by atoms with Crippen molar-refractivity contribution in [3.8, 4) is 0 Å². The van der Waals surface area contributed by atoms with Crippen molar-refractivity contribution in [3.05, 3.63) is 71.4 Å². The molecule has 0 unspecified atom stereocenters. The molecule has 21 heavy (non-hydrogen) atoms. The number of aliphatic imine (C=N–C) groups is 1. The molecule has 1 heterocycles. The van der Waals surface area contributed by atoms with Gasteiger partial charge in [0.05, 0.1) is 0 Å². The van der Waals surface area contributed by atoms with E-state index in [-0.39, 0.29) is 5.91 Å². The Bertz CT molecular complexity index is 733. The fourth-order valence-corrected chi connectivity index (χ4v) is 2.72. The molecule has 3 rings (SSSR count). The van der Waals surface area contributed by atoms with Gasteiger partial charge in [0.2, 0.25) is 0 Å². The predicted molar refractivity (Wildman–Crippen MR) is 86.3 cm³/mol. The van der Waals surface area contributed by atoms with Crippen LogP contribution in [0.3, 0.4) is 0 Å². The van der Waals surface area contributed by atoms with Crippen molar-refractivity contribution in [3.63, 3.8) is 0 Å². The van der Waals surface area contributed by atoms with Gasteiger partial charge in [0, 0.05) is 0 Å². The molecule has 0 N–H and O–H groups in total. The Hall–Kier alpha value is -2.16. The van der Waals surface area contributed by atoms with E-state index in [9.17, 15) is 4.79 Å². The summed E-state index contributed by atoms with van der Waals surface area (Å²) < 4.78 is 0.574. The maximum absolute atomic E-state index is 12.5. The van der Waals surface area contributed by atoms with Gasteiger partial charge >= 0.3 is 131 Å². The molecule has 0 fully saturated rings. The molecule has 0 atom stereocenters. The number of anilines is 1. The zero-order chi connectivity index (χ0) is 14.8. The van der Waals surface area contributed by atoms with Gasteiger partial charge in [-0.25, -0.2) is 0 Å². The van der Waals surface area contributed by atoms with Gasteiger partial charge in [-0.2, -0.15) is 0 Å². The Balaban J connectivity index is 1.93. The summed E-state index contributed by atoms with van der Waals surface area (Å²) >= 11 is 2.86. The first-order valence-corrected chi connectivity index (χ1v) is 7.44. The molecule has 1 aliphatic heterocycles. The van der Waals surface area contributed by atoms with E-state index in [1.165, 1.54) is 5.56 Å². The molecule has 3 nitrogen and oxygen atoms in total. The van der Waals surface area contributed by atoms with E-state index < -0.39 is 0 Å². The van der Waals surface area contributed by atoms with Gasteiger partial charge in [-0.3, -0.25) is 0 Å². The molecule has 2 aromatic carbocycles. The normalized spacial score (nSPS) is 16.4. The molecule has 0 spiro atoms. The van der Waals surface area contributed by atoms with Crippen molar-refractivity contribution in [1.29, 1.82) is 0 Å². The molecule has 1 radical (unpaired) electrons. The van der Waals surface area contributed by atoms with E-state index in [0.717, 1.165) is 11.3 Å². The van der Waals surface area contributed by atoms with Gasteiger partial charge in [-0.05, 0) is 0 Å². The second-order valence-electron chi connectivity index (χ2n) is 4.81. The van der Waals surface area contributed by atoms with Crippen LogP contribution in [-0.4, -0.2) is 26.7 Å². The number of aryl methyl sites for hydroxylation is 1. The number of hydrogen-bond donors (Lipinski definition) is 0. The predicted octanol–water partition coefficient (Wildman–Crippen LogP) is 2.91. The van der Waals surface area contributed by atoms with Gasteiger partial charge in [-0.1, -0.05) is 0 Å². The van der Waals surface area contributed by atoms with Crippen molar-refractivity contribution >= 4 is 38.4 Å². The summed E-state index contributed by atoms with van der Waals surface area (Å²) in [4.78, 5) is 18.4. The van der Waals surface area contributed by atoms with E-state index >= 15 is 0 Å². The molecule has 0 saturated heterocycles. The average Bonchev–Trinajstić information content (AvgIpc) is 2.77. The standard InChI is InChI=1S/C17H13N2OSe/c1-12-7-9-13(10-8-12)11-15-16(20)19(17(21)18-15)14-5-3-2-4-6-14/h2-11H,1H3/b15-11-. The van der Waals surface area contributed by atoms with Gasteiger partial charge in [0.25, 0.3) is 0 Å². The van der Waals surface area contributed by atoms with Gasteiger partial charge in [-0.15, -0.1) is 0 Å². The fraction of sp³-hybridized carbons (Fsp3) is 0.0588. The van der Waals surface area contributed by atoms with Crippen LogP contribution in [0.5, 0.6) is 0 Å². The average molecular weight is 340 g/mol. The van der Waals surface area contributed by atoms with Crippen LogP contribution in [0.25, 0.3) is 6.08 Å². The van der Waals surface area contributed by atoms with E-state index in [0.29, 0.717) is 10.4 Å². The third kappa shape index (κ3) is 2.82. The molecule has 0 saturated carbocycles. The SMILES string of the molecule is Cc1ccc(/C=C2\N=C([Se])N(c3ccccc3)C2=O)cc1. The third-order valence-corrected chi connectivity index (χ3v) is 3.80. The summed E-state index contributed by atoms with van der Waals surface area (Å²) in [6.45, 7) is 2.03. The number of amides is 1. The Labute approximate surface area is 131 Å². The summed E-state index contributed by atoms with van der Waals surface area (Å²) in [7, 11) is 0. The Morgan fingerprint density at radius 2 is 1.71 bits per heavy atom. The van der Waals surface area contributed by atoms with Crippen molar-refractivity contribution in [1.82, 2.24) is 0 Å². The second-order valence-corrected chi connectivity index (χ2v) is 5.58. The monoisotopic (exact) mass is 341 g/mol.